The molecular weight excluding hydrogens is 364 g/mol. The van der Waals surface area contributed by atoms with Gasteiger partial charge in [0.2, 0.25) is 0 Å². The van der Waals surface area contributed by atoms with Crippen molar-refractivity contribution in [3.8, 4) is 0 Å². The summed E-state index contributed by atoms with van der Waals surface area (Å²) < 4.78 is 10.9. The molecule has 0 aromatic carbocycles. The Morgan fingerprint density at radius 2 is 2.21 bits per heavy atom. The first-order chi connectivity index (χ1) is 13.8. The molecule has 0 bridgehead atoms. The standard InChI is InChI=1S/C25H32O4/c1-17(8-5-9-18(2)16-21-22(26)19(3)24(27)29-21)10-6-13-25(4)14-7-11-20-12-15-28-23(20)25/h6,10,12-13,15,21,26H,2,5,7-9,11,14,16H2,1,3-4H3/b13-6+,17-10?. The Bertz CT molecular complexity index is 867. The Kier molecular flexibility index (Phi) is 6.51. The topological polar surface area (TPSA) is 59.7 Å². The lowest BCUT2D eigenvalue weighted by Gasteiger charge is -2.29. The summed E-state index contributed by atoms with van der Waals surface area (Å²) in [4.78, 5) is 11.5. The number of fused-ring (bicyclic) bond motifs is 1. The van der Waals surface area contributed by atoms with Crippen LogP contribution in [0.25, 0.3) is 0 Å². The summed E-state index contributed by atoms with van der Waals surface area (Å²) in [6.45, 7) is 10.1. The molecule has 3 rings (SSSR count). The van der Waals surface area contributed by atoms with Gasteiger partial charge < -0.3 is 14.3 Å². The van der Waals surface area contributed by atoms with Gasteiger partial charge in [0.25, 0.3) is 0 Å². The molecule has 156 valence electrons. The van der Waals surface area contributed by atoms with Gasteiger partial charge in [-0.15, -0.1) is 0 Å². The molecular formula is C25H32O4. The van der Waals surface area contributed by atoms with Crippen LogP contribution in [0.15, 0.2) is 64.0 Å². The molecule has 0 radical (unpaired) electrons. The van der Waals surface area contributed by atoms with Crippen molar-refractivity contribution < 1.29 is 19.1 Å². The summed E-state index contributed by atoms with van der Waals surface area (Å²) in [7, 11) is 0. The molecule has 0 amide bonds. The molecule has 1 aliphatic heterocycles. The van der Waals surface area contributed by atoms with E-state index in [1.165, 1.54) is 17.6 Å². The minimum absolute atomic E-state index is 0.0193. The summed E-state index contributed by atoms with van der Waals surface area (Å²) >= 11 is 0. The van der Waals surface area contributed by atoms with Gasteiger partial charge in [0, 0.05) is 11.8 Å². The van der Waals surface area contributed by atoms with Crippen LogP contribution in [0.3, 0.4) is 0 Å². The number of aliphatic hydroxyl groups excluding tert-OH is 1. The minimum Gasteiger partial charge on any atom is -0.508 e. The zero-order valence-electron chi connectivity index (χ0n) is 17.8. The molecule has 4 nitrogen and oxygen atoms in total. The average molecular weight is 397 g/mol. The minimum atomic E-state index is -0.558. The number of ether oxygens (including phenoxy) is 1. The third kappa shape index (κ3) is 4.92. The molecule has 1 aromatic heterocycles. The van der Waals surface area contributed by atoms with Crippen molar-refractivity contribution in [3.05, 3.63) is 70.9 Å². The van der Waals surface area contributed by atoms with Crippen LogP contribution in [0.2, 0.25) is 0 Å². The molecule has 2 aliphatic rings. The summed E-state index contributed by atoms with van der Waals surface area (Å²) in [5.74, 6) is 0.731. The number of carbonyl (C=O) groups is 1. The zero-order valence-corrected chi connectivity index (χ0v) is 17.8. The van der Waals surface area contributed by atoms with E-state index in [1.807, 2.05) is 0 Å². The van der Waals surface area contributed by atoms with E-state index in [2.05, 4.69) is 44.7 Å². The van der Waals surface area contributed by atoms with E-state index < -0.39 is 12.1 Å². The first kappa shape index (κ1) is 21.2. The molecule has 1 N–H and O–H groups in total. The predicted octanol–water partition coefficient (Wildman–Crippen LogP) is 6.25. The fourth-order valence-electron chi connectivity index (χ4n) is 4.20. The first-order valence-electron chi connectivity index (χ1n) is 10.5. The Morgan fingerprint density at radius 3 is 2.93 bits per heavy atom. The third-order valence-electron chi connectivity index (χ3n) is 6.07. The van der Waals surface area contributed by atoms with Gasteiger partial charge >= 0.3 is 5.97 Å². The molecule has 4 heteroatoms. The third-order valence-corrected chi connectivity index (χ3v) is 6.07. The van der Waals surface area contributed by atoms with Crippen LogP contribution in [-0.4, -0.2) is 17.2 Å². The molecule has 1 aromatic rings. The van der Waals surface area contributed by atoms with Crippen molar-refractivity contribution in [2.45, 2.75) is 77.2 Å². The van der Waals surface area contributed by atoms with Crippen LogP contribution in [0.1, 0.15) is 70.6 Å². The number of allylic oxidation sites excluding steroid dienone is 4. The van der Waals surface area contributed by atoms with E-state index in [-0.39, 0.29) is 11.2 Å². The van der Waals surface area contributed by atoms with Crippen molar-refractivity contribution in [2.75, 3.05) is 0 Å². The molecule has 1 aliphatic carbocycles. The molecule has 0 saturated carbocycles. The number of furan rings is 1. The van der Waals surface area contributed by atoms with E-state index >= 15 is 0 Å². The summed E-state index contributed by atoms with van der Waals surface area (Å²) in [6.07, 6.45) is 14.6. The van der Waals surface area contributed by atoms with Crippen molar-refractivity contribution in [2.24, 2.45) is 0 Å². The smallest absolute Gasteiger partial charge is 0.338 e. The zero-order chi connectivity index (χ0) is 21.0. The van der Waals surface area contributed by atoms with Gasteiger partial charge in [-0.25, -0.2) is 4.79 Å². The normalized spacial score (nSPS) is 24.9. The van der Waals surface area contributed by atoms with Crippen LogP contribution in [0.4, 0.5) is 0 Å². The van der Waals surface area contributed by atoms with Gasteiger partial charge in [0.05, 0.1) is 11.8 Å². The van der Waals surface area contributed by atoms with E-state index in [4.69, 9.17) is 9.15 Å². The molecule has 0 fully saturated rings. The Balaban J connectivity index is 1.45. The lowest BCUT2D eigenvalue weighted by Crippen LogP contribution is -2.23. The quantitative estimate of drug-likeness (QED) is 0.320. The van der Waals surface area contributed by atoms with Crippen LogP contribution < -0.4 is 0 Å². The van der Waals surface area contributed by atoms with Crippen molar-refractivity contribution in [3.63, 3.8) is 0 Å². The van der Waals surface area contributed by atoms with Gasteiger partial charge in [-0.2, -0.15) is 0 Å². The molecule has 2 heterocycles. The van der Waals surface area contributed by atoms with E-state index in [9.17, 15) is 9.90 Å². The van der Waals surface area contributed by atoms with Gasteiger partial charge in [-0.1, -0.05) is 36.0 Å². The van der Waals surface area contributed by atoms with Crippen molar-refractivity contribution in [1.29, 1.82) is 0 Å². The number of carbonyl (C=O) groups excluding carboxylic acids is 1. The average Bonchev–Trinajstić information content (AvgIpc) is 3.24. The highest BCUT2D eigenvalue weighted by Gasteiger charge is 2.33. The largest absolute Gasteiger partial charge is 0.508 e. The number of aliphatic hydroxyl groups is 1. The lowest BCUT2D eigenvalue weighted by atomic mass is 9.75. The van der Waals surface area contributed by atoms with Crippen molar-refractivity contribution in [1.82, 2.24) is 0 Å². The Labute approximate surface area is 173 Å². The maximum absolute atomic E-state index is 11.5. The fourth-order valence-corrected chi connectivity index (χ4v) is 4.20. The summed E-state index contributed by atoms with van der Waals surface area (Å²) in [5, 5.41) is 9.93. The Hall–Kier alpha value is -2.49. The number of hydrogen-bond acceptors (Lipinski definition) is 4. The summed E-state index contributed by atoms with van der Waals surface area (Å²) in [5.41, 5.74) is 3.94. The highest BCUT2D eigenvalue weighted by molar-refractivity contribution is 5.91. The number of aryl methyl sites for hydroxylation is 1. The van der Waals surface area contributed by atoms with Gasteiger partial charge in [-0.05, 0) is 70.9 Å². The number of cyclic esters (lactones) is 1. The second kappa shape index (κ2) is 8.89. The van der Waals surface area contributed by atoms with E-state index in [0.29, 0.717) is 12.0 Å². The SMILES string of the molecule is C=C(CCCC(C)=C/C=C/C1(C)CCCc2ccoc21)CC1OC(=O)C(C)=C1O. The lowest BCUT2D eigenvalue weighted by molar-refractivity contribution is -0.140. The summed E-state index contributed by atoms with van der Waals surface area (Å²) in [6, 6.07) is 2.10. The molecule has 2 unspecified atom stereocenters. The first-order valence-corrected chi connectivity index (χ1v) is 10.5. The second-order valence-corrected chi connectivity index (χ2v) is 8.63. The fraction of sp³-hybridized carbons (Fsp3) is 0.480. The van der Waals surface area contributed by atoms with E-state index in [0.717, 1.165) is 43.4 Å². The molecule has 0 spiro atoms. The molecule has 29 heavy (non-hydrogen) atoms. The van der Waals surface area contributed by atoms with Crippen LogP contribution in [0, 0.1) is 0 Å². The number of esters is 1. The molecule has 2 atom stereocenters. The number of hydrogen-bond donors (Lipinski definition) is 1. The van der Waals surface area contributed by atoms with Gasteiger partial charge in [-0.3, -0.25) is 0 Å². The van der Waals surface area contributed by atoms with Crippen molar-refractivity contribution >= 4 is 5.97 Å². The highest BCUT2D eigenvalue weighted by atomic mass is 16.6. The van der Waals surface area contributed by atoms with Crippen LogP contribution in [-0.2, 0) is 21.4 Å². The van der Waals surface area contributed by atoms with Gasteiger partial charge in [0.15, 0.2) is 6.10 Å². The molecule has 0 saturated heterocycles. The second-order valence-electron chi connectivity index (χ2n) is 8.63. The van der Waals surface area contributed by atoms with Crippen LogP contribution in [0.5, 0.6) is 0 Å². The Morgan fingerprint density at radius 1 is 1.41 bits per heavy atom. The van der Waals surface area contributed by atoms with E-state index in [1.54, 1.807) is 13.2 Å². The maximum atomic E-state index is 11.5. The predicted molar refractivity (Wildman–Crippen MR) is 115 cm³/mol. The maximum Gasteiger partial charge on any atom is 0.338 e. The highest BCUT2D eigenvalue weighted by Crippen LogP contribution is 2.39. The number of rotatable bonds is 8. The monoisotopic (exact) mass is 396 g/mol. The van der Waals surface area contributed by atoms with Gasteiger partial charge in [0.1, 0.15) is 11.5 Å². The van der Waals surface area contributed by atoms with Crippen LogP contribution >= 0.6 is 0 Å².